The Morgan fingerprint density at radius 2 is 1.88 bits per heavy atom. The molecule has 0 aromatic heterocycles. The SMILES string of the molecule is CCC(c1ccccc1)N1CCC(CN)CC1. The molecule has 0 spiro atoms. The lowest BCUT2D eigenvalue weighted by Gasteiger charge is -2.37. The van der Waals surface area contributed by atoms with Crippen molar-refractivity contribution in [2.24, 2.45) is 11.7 Å². The average molecular weight is 232 g/mol. The summed E-state index contributed by atoms with van der Waals surface area (Å²) in [7, 11) is 0. The van der Waals surface area contributed by atoms with Gasteiger partial charge in [0.2, 0.25) is 0 Å². The topological polar surface area (TPSA) is 29.3 Å². The van der Waals surface area contributed by atoms with Gasteiger partial charge in [0.1, 0.15) is 0 Å². The van der Waals surface area contributed by atoms with Crippen LogP contribution >= 0.6 is 0 Å². The predicted molar refractivity (Wildman–Crippen MR) is 72.8 cm³/mol. The molecule has 94 valence electrons. The lowest BCUT2D eigenvalue weighted by atomic mass is 9.93. The third kappa shape index (κ3) is 3.08. The summed E-state index contributed by atoms with van der Waals surface area (Å²) in [6, 6.07) is 11.5. The van der Waals surface area contributed by atoms with Crippen molar-refractivity contribution < 1.29 is 0 Å². The van der Waals surface area contributed by atoms with Crippen LogP contribution in [0.5, 0.6) is 0 Å². The van der Waals surface area contributed by atoms with Gasteiger partial charge in [0, 0.05) is 6.04 Å². The van der Waals surface area contributed by atoms with Gasteiger partial charge in [-0.3, -0.25) is 4.90 Å². The first kappa shape index (κ1) is 12.6. The molecule has 0 radical (unpaired) electrons. The molecule has 0 bridgehead atoms. The van der Waals surface area contributed by atoms with Gasteiger partial charge in [-0.25, -0.2) is 0 Å². The quantitative estimate of drug-likeness (QED) is 0.865. The highest BCUT2D eigenvalue weighted by Gasteiger charge is 2.24. The van der Waals surface area contributed by atoms with E-state index < -0.39 is 0 Å². The number of benzene rings is 1. The maximum Gasteiger partial charge on any atom is 0.0345 e. The van der Waals surface area contributed by atoms with E-state index in [1.807, 2.05) is 0 Å². The van der Waals surface area contributed by atoms with Crippen molar-refractivity contribution in [1.82, 2.24) is 4.90 Å². The number of piperidine rings is 1. The molecule has 1 atom stereocenters. The van der Waals surface area contributed by atoms with Crippen molar-refractivity contribution in [1.29, 1.82) is 0 Å². The molecule has 1 unspecified atom stereocenters. The molecule has 2 heteroatoms. The van der Waals surface area contributed by atoms with Crippen LogP contribution in [0.2, 0.25) is 0 Å². The van der Waals surface area contributed by atoms with E-state index in [4.69, 9.17) is 5.73 Å². The van der Waals surface area contributed by atoms with Gasteiger partial charge in [-0.05, 0) is 50.4 Å². The van der Waals surface area contributed by atoms with Gasteiger partial charge >= 0.3 is 0 Å². The van der Waals surface area contributed by atoms with Crippen molar-refractivity contribution in [3.05, 3.63) is 35.9 Å². The van der Waals surface area contributed by atoms with Gasteiger partial charge in [-0.15, -0.1) is 0 Å². The van der Waals surface area contributed by atoms with Crippen LogP contribution in [-0.2, 0) is 0 Å². The third-order valence-electron chi connectivity index (χ3n) is 3.99. The molecule has 0 amide bonds. The molecule has 1 aromatic carbocycles. The predicted octanol–water partition coefficient (Wildman–Crippen LogP) is 2.81. The second-order valence-electron chi connectivity index (χ2n) is 5.05. The van der Waals surface area contributed by atoms with Crippen molar-refractivity contribution >= 4 is 0 Å². The number of rotatable bonds is 4. The maximum absolute atomic E-state index is 5.75. The van der Waals surface area contributed by atoms with E-state index in [1.165, 1.54) is 37.9 Å². The normalized spacial score (nSPS) is 20.4. The monoisotopic (exact) mass is 232 g/mol. The number of hydrogen-bond donors (Lipinski definition) is 1. The first-order valence-electron chi connectivity index (χ1n) is 6.84. The van der Waals surface area contributed by atoms with Crippen LogP contribution in [0.1, 0.15) is 37.8 Å². The highest BCUT2D eigenvalue weighted by Crippen LogP contribution is 2.28. The number of likely N-dealkylation sites (tertiary alicyclic amines) is 1. The largest absolute Gasteiger partial charge is 0.330 e. The summed E-state index contributed by atoms with van der Waals surface area (Å²) in [5.74, 6) is 0.750. The molecule has 1 saturated heterocycles. The highest BCUT2D eigenvalue weighted by molar-refractivity contribution is 5.19. The molecule has 1 fully saturated rings. The van der Waals surface area contributed by atoms with E-state index >= 15 is 0 Å². The number of hydrogen-bond acceptors (Lipinski definition) is 2. The Hall–Kier alpha value is -0.860. The minimum absolute atomic E-state index is 0.593. The van der Waals surface area contributed by atoms with E-state index in [2.05, 4.69) is 42.2 Å². The molecular weight excluding hydrogens is 208 g/mol. The fraction of sp³-hybridized carbons (Fsp3) is 0.600. The van der Waals surface area contributed by atoms with Gasteiger partial charge in [-0.2, -0.15) is 0 Å². The molecule has 2 rings (SSSR count). The van der Waals surface area contributed by atoms with Crippen LogP contribution < -0.4 is 5.73 Å². The summed E-state index contributed by atoms with van der Waals surface area (Å²) in [5, 5.41) is 0. The van der Waals surface area contributed by atoms with Crippen LogP contribution in [0.4, 0.5) is 0 Å². The summed E-state index contributed by atoms with van der Waals surface area (Å²) >= 11 is 0. The zero-order chi connectivity index (χ0) is 12.1. The molecule has 0 aliphatic carbocycles. The molecule has 17 heavy (non-hydrogen) atoms. The van der Waals surface area contributed by atoms with Crippen LogP contribution in [0.15, 0.2) is 30.3 Å². The second-order valence-corrected chi connectivity index (χ2v) is 5.05. The Morgan fingerprint density at radius 1 is 1.24 bits per heavy atom. The number of nitrogens with zero attached hydrogens (tertiary/aromatic N) is 1. The lowest BCUT2D eigenvalue weighted by Crippen LogP contribution is -2.38. The molecule has 2 nitrogen and oxygen atoms in total. The molecule has 2 N–H and O–H groups in total. The average Bonchev–Trinajstić information content (AvgIpc) is 2.42. The third-order valence-corrected chi connectivity index (χ3v) is 3.99. The van der Waals surface area contributed by atoms with Crippen LogP contribution in [-0.4, -0.2) is 24.5 Å². The second kappa shape index (κ2) is 6.18. The van der Waals surface area contributed by atoms with E-state index in [-0.39, 0.29) is 0 Å². The van der Waals surface area contributed by atoms with E-state index in [0.29, 0.717) is 6.04 Å². The Labute approximate surface area is 105 Å². The molecule has 1 aliphatic rings. The maximum atomic E-state index is 5.75. The highest BCUT2D eigenvalue weighted by atomic mass is 15.2. The standard InChI is InChI=1S/C15H24N2/c1-2-15(14-6-4-3-5-7-14)17-10-8-13(12-16)9-11-17/h3-7,13,15H,2,8-12,16H2,1H3. The van der Waals surface area contributed by atoms with Crippen molar-refractivity contribution in [2.45, 2.75) is 32.2 Å². The summed E-state index contributed by atoms with van der Waals surface area (Å²) in [5.41, 5.74) is 7.21. The van der Waals surface area contributed by atoms with Crippen LogP contribution in [0, 0.1) is 5.92 Å². The van der Waals surface area contributed by atoms with E-state index in [0.717, 1.165) is 12.5 Å². The van der Waals surface area contributed by atoms with E-state index in [1.54, 1.807) is 0 Å². The van der Waals surface area contributed by atoms with Crippen molar-refractivity contribution in [3.63, 3.8) is 0 Å². The van der Waals surface area contributed by atoms with Crippen molar-refractivity contribution in [2.75, 3.05) is 19.6 Å². The minimum Gasteiger partial charge on any atom is -0.330 e. The van der Waals surface area contributed by atoms with Crippen LogP contribution in [0.25, 0.3) is 0 Å². The Bertz CT molecular complexity index is 315. The minimum atomic E-state index is 0.593. The van der Waals surface area contributed by atoms with Gasteiger partial charge in [0.15, 0.2) is 0 Å². The Balaban J connectivity index is 2.00. The first-order chi connectivity index (χ1) is 8.35. The molecular formula is C15H24N2. The van der Waals surface area contributed by atoms with E-state index in [9.17, 15) is 0 Å². The van der Waals surface area contributed by atoms with Gasteiger partial charge in [0.25, 0.3) is 0 Å². The number of nitrogens with two attached hydrogens (primary N) is 1. The van der Waals surface area contributed by atoms with Crippen LogP contribution in [0.3, 0.4) is 0 Å². The van der Waals surface area contributed by atoms with Gasteiger partial charge in [-0.1, -0.05) is 37.3 Å². The lowest BCUT2D eigenvalue weighted by molar-refractivity contribution is 0.131. The molecule has 1 aliphatic heterocycles. The molecule has 0 saturated carbocycles. The fourth-order valence-electron chi connectivity index (χ4n) is 2.88. The smallest absolute Gasteiger partial charge is 0.0345 e. The summed E-state index contributed by atoms with van der Waals surface area (Å²) < 4.78 is 0. The first-order valence-corrected chi connectivity index (χ1v) is 6.84. The zero-order valence-electron chi connectivity index (χ0n) is 10.8. The summed E-state index contributed by atoms with van der Waals surface area (Å²) in [4.78, 5) is 2.63. The zero-order valence-corrected chi connectivity index (χ0v) is 10.8. The van der Waals surface area contributed by atoms with Gasteiger partial charge in [0.05, 0.1) is 0 Å². The summed E-state index contributed by atoms with van der Waals surface area (Å²) in [6.45, 7) is 5.55. The fourth-order valence-corrected chi connectivity index (χ4v) is 2.88. The molecule has 1 aromatic rings. The van der Waals surface area contributed by atoms with Crippen molar-refractivity contribution in [3.8, 4) is 0 Å². The summed E-state index contributed by atoms with van der Waals surface area (Å²) in [6.07, 6.45) is 3.72. The van der Waals surface area contributed by atoms with Gasteiger partial charge < -0.3 is 5.73 Å². The Morgan fingerprint density at radius 3 is 2.41 bits per heavy atom. The molecule has 1 heterocycles. The Kier molecular flexibility index (Phi) is 4.57.